The van der Waals surface area contributed by atoms with Gasteiger partial charge >= 0.3 is 0 Å². The quantitative estimate of drug-likeness (QED) is 0.873. The van der Waals surface area contributed by atoms with E-state index in [1.54, 1.807) is 18.5 Å². The summed E-state index contributed by atoms with van der Waals surface area (Å²) in [5.74, 6) is 1.73. The van der Waals surface area contributed by atoms with Gasteiger partial charge in [0, 0.05) is 24.5 Å². The first-order valence-corrected chi connectivity index (χ1v) is 5.45. The van der Waals surface area contributed by atoms with Crippen molar-refractivity contribution in [2.24, 2.45) is 0 Å². The first kappa shape index (κ1) is 11.3. The minimum Gasteiger partial charge on any atom is -0.437 e. The van der Waals surface area contributed by atoms with Crippen LogP contribution in [-0.4, -0.2) is 21.5 Å². The number of aryl methyl sites for hydroxylation is 1. The molecule has 0 saturated heterocycles. The lowest BCUT2D eigenvalue weighted by Crippen LogP contribution is -2.02. The summed E-state index contributed by atoms with van der Waals surface area (Å²) in [5.41, 5.74) is 0.952. The SMILES string of the molecule is CCNc1nccc(Oc2ccc(C)nc2)n1. The molecule has 0 unspecified atom stereocenters. The van der Waals surface area contributed by atoms with Crippen molar-refractivity contribution in [3.63, 3.8) is 0 Å². The van der Waals surface area contributed by atoms with Crippen LogP contribution in [0.15, 0.2) is 30.6 Å². The Labute approximate surface area is 99.9 Å². The Kier molecular flexibility index (Phi) is 3.49. The number of pyridine rings is 1. The number of aromatic nitrogens is 3. The summed E-state index contributed by atoms with van der Waals surface area (Å²) < 4.78 is 5.57. The minimum atomic E-state index is 0.501. The van der Waals surface area contributed by atoms with E-state index in [1.165, 1.54) is 0 Å². The van der Waals surface area contributed by atoms with E-state index < -0.39 is 0 Å². The Morgan fingerprint density at radius 3 is 2.82 bits per heavy atom. The third-order valence-electron chi connectivity index (χ3n) is 2.07. The molecule has 0 atom stereocenters. The van der Waals surface area contributed by atoms with Crippen molar-refractivity contribution >= 4 is 5.95 Å². The second-order valence-corrected chi connectivity index (χ2v) is 3.49. The molecule has 5 heteroatoms. The van der Waals surface area contributed by atoms with Crippen molar-refractivity contribution in [3.05, 3.63) is 36.3 Å². The highest BCUT2D eigenvalue weighted by Crippen LogP contribution is 2.18. The van der Waals surface area contributed by atoms with Crippen LogP contribution in [0.25, 0.3) is 0 Å². The number of rotatable bonds is 4. The summed E-state index contributed by atoms with van der Waals surface area (Å²) >= 11 is 0. The molecular weight excluding hydrogens is 216 g/mol. The van der Waals surface area contributed by atoms with Gasteiger partial charge in [-0.25, -0.2) is 4.98 Å². The first-order valence-electron chi connectivity index (χ1n) is 5.45. The predicted molar refractivity (Wildman–Crippen MR) is 65.2 cm³/mol. The molecule has 0 spiro atoms. The summed E-state index contributed by atoms with van der Waals surface area (Å²) in [7, 11) is 0. The van der Waals surface area contributed by atoms with Crippen molar-refractivity contribution in [2.75, 3.05) is 11.9 Å². The van der Waals surface area contributed by atoms with E-state index in [-0.39, 0.29) is 0 Å². The molecular formula is C12H14N4O. The Balaban J connectivity index is 2.12. The zero-order chi connectivity index (χ0) is 12.1. The Bertz CT molecular complexity index is 484. The van der Waals surface area contributed by atoms with Gasteiger partial charge in [-0.1, -0.05) is 0 Å². The summed E-state index contributed by atoms with van der Waals surface area (Å²) in [5, 5.41) is 3.02. The molecule has 0 aliphatic rings. The van der Waals surface area contributed by atoms with Gasteiger partial charge in [0.1, 0.15) is 5.75 Å². The predicted octanol–water partition coefficient (Wildman–Crippen LogP) is 2.40. The van der Waals surface area contributed by atoms with E-state index in [9.17, 15) is 0 Å². The number of ether oxygens (including phenoxy) is 1. The molecule has 88 valence electrons. The summed E-state index contributed by atoms with van der Waals surface area (Å²) in [6, 6.07) is 5.46. The third kappa shape index (κ3) is 3.14. The first-order chi connectivity index (χ1) is 8.28. The monoisotopic (exact) mass is 230 g/mol. The molecule has 0 saturated carbocycles. The number of nitrogens with zero attached hydrogens (tertiary/aromatic N) is 3. The molecule has 17 heavy (non-hydrogen) atoms. The smallest absolute Gasteiger partial charge is 0.225 e. The van der Waals surface area contributed by atoms with E-state index in [1.807, 2.05) is 26.0 Å². The molecule has 2 aromatic rings. The van der Waals surface area contributed by atoms with Gasteiger partial charge in [-0.05, 0) is 26.0 Å². The van der Waals surface area contributed by atoms with Gasteiger partial charge in [0.2, 0.25) is 11.8 Å². The van der Waals surface area contributed by atoms with Gasteiger partial charge in [-0.15, -0.1) is 0 Å². The van der Waals surface area contributed by atoms with Gasteiger partial charge in [0.25, 0.3) is 0 Å². The standard InChI is InChI=1S/C12H14N4O/c1-3-13-12-14-7-6-11(16-12)17-10-5-4-9(2)15-8-10/h4-8H,3H2,1-2H3,(H,13,14,16). The molecule has 0 aromatic carbocycles. The zero-order valence-electron chi connectivity index (χ0n) is 9.84. The summed E-state index contributed by atoms with van der Waals surface area (Å²) in [4.78, 5) is 12.4. The number of nitrogens with one attached hydrogen (secondary N) is 1. The molecule has 0 aliphatic carbocycles. The average Bonchev–Trinajstić information content (AvgIpc) is 2.33. The highest BCUT2D eigenvalue weighted by Gasteiger charge is 2.01. The maximum Gasteiger partial charge on any atom is 0.225 e. The normalized spacial score (nSPS) is 10.0. The molecule has 0 aliphatic heterocycles. The number of hydrogen-bond donors (Lipinski definition) is 1. The molecule has 2 heterocycles. The van der Waals surface area contributed by atoms with Gasteiger partial charge in [0.05, 0.1) is 6.20 Å². The van der Waals surface area contributed by atoms with Gasteiger partial charge < -0.3 is 10.1 Å². The van der Waals surface area contributed by atoms with Crippen LogP contribution in [0.2, 0.25) is 0 Å². The van der Waals surface area contributed by atoms with Crippen molar-refractivity contribution in [3.8, 4) is 11.6 Å². The second kappa shape index (κ2) is 5.25. The lowest BCUT2D eigenvalue weighted by Gasteiger charge is -2.06. The van der Waals surface area contributed by atoms with Crippen molar-refractivity contribution < 1.29 is 4.74 Å². The molecule has 0 bridgehead atoms. The van der Waals surface area contributed by atoms with Crippen LogP contribution in [0, 0.1) is 6.92 Å². The van der Waals surface area contributed by atoms with Crippen LogP contribution in [0.1, 0.15) is 12.6 Å². The van der Waals surface area contributed by atoms with E-state index in [2.05, 4.69) is 20.3 Å². The van der Waals surface area contributed by atoms with Crippen LogP contribution in [0.4, 0.5) is 5.95 Å². The molecule has 2 rings (SSSR count). The van der Waals surface area contributed by atoms with Crippen molar-refractivity contribution in [1.82, 2.24) is 15.0 Å². The van der Waals surface area contributed by atoms with Crippen molar-refractivity contribution in [2.45, 2.75) is 13.8 Å². The molecule has 0 amide bonds. The second-order valence-electron chi connectivity index (χ2n) is 3.49. The highest BCUT2D eigenvalue weighted by molar-refractivity contribution is 5.30. The van der Waals surface area contributed by atoms with Crippen LogP contribution in [-0.2, 0) is 0 Å². The zero-order valence-corrected chi connectivity index (χ0v) is 9.84. The minimum absolute atomic E-state index is 0.501. The van der Waals surface area contributed by atoms with Gasteiger partial charge in [-0.3, -0.25) is 4.98 Å². The molecule has 0 radical (unpaired) electrons. The van der Waals surface area contributed by atoms with Crippen molar-refractivity contribution in [1.29, 1.82) is 0 Å². The van der Waals surface area contributed by atoms with Crippen LogP contribution in [0.3, 0.4) is 0 Å². The molecule has 1 N–H and O–H groups in total. The van der Waals surface area contributed by atoms with Crippen LogP contribution in [0.5, 0.6) is 11.6 Å². The molecule has 0 fully saturated rings. The van der Waals surface area contributed by atoms with E-state index >= 15 is 0 Å². The van der Waals surface area contributed by atoms with Crippen LogP contribution >= 0.6 is 0 Å². The maximum absolute atomic E-state index is 5.57. The fraction of sp³-hybridized carbons (Fsp3) is 0.250. The maximum atomic E-state index is 5.57. The fourth-order valence-electron chi connectivity index (χ4n) is 1.28. The lowest BCUT2D eigenvalue weighted by atomic mass is 10.4. The molecule has 2 aromatic heterocycles. The number of hydrogen-bond acceptors (Lipinski definition) is 5. The Hall–Kier alpha value is -2.17. The fourth-order valence-corrected chi connectivity index (χ4v) is 1.28. The summed E-state index contributed by atoms with van der Waals surface area (Å²) in [6.07, 6.45) is 3.33. The average molecular weight is 230 g/mol. The van der Waals surface area contributed by atoms with Crippen LogP contribution < -0.4 is 10.1 Å². The van der Waals surface area contributed by atoms with E-state index in [0.717, 1.165) is 12.2 Å². The topological polar surface area (TPSA) is 59.9 Å². The summed E-state index contributed by atoms with van der Waals surface area (Å²) in [6.45, 7) is 4.69. The lowest BCUT2D eigenvalue weighted by molar-refractivity contribution is 0.460. The van der Waals surface area contributed by atoms with E-state index in [0.29, 0.717) is 17.6 Å². The highest BCUT2D eigenvalue weighted by atomic mass is 16.5. The van der Waals surface area contributed by atoms with E-state index in [4.69, 9.17) is 4.74 Å². The Morgan fingerprint density at radius 2 is 2.12 bits per heavy atom. The largest absolute Gasteiger partial charge is 0.437 e. The number of anilines is 1. The van der Waals surface area contributed by atoms with Gasteiger partial charge in [-0.2, -0.15) is 4.98 Å². The molecule has 5 nitrogen and oxygen atoms in total. The third-order valence-corrected chi connectivity index (χ3v) is 2.07. The van der Waals surface area contributed by atoms with Gasteiger partial charge in [0.15, 0.2) is 0 Å². The Morgan fingerprint density at radius 1 is 1.24 bits per heavy atom.